The lowest BCUT2D eigenvalue weighted by molar-refractivity contribution is 0.282. The van der Waals surface area contributed by atoms with E-state index < -0.39 is 0 Å². The normalized spacial score (nSPS) is 14.9. The number of methoxy groups -OCH3 is 2. The third-order valence-electron chi connectivity index (χ3n) is 2.14. The van der Waals surface area contributed by atoms with Crippen molar-refractivity contribution in [1.29, 1.82) is 0 Å². The van der Waals surface area contributed by atoms with E-state index in [2.05, 4.69) is 23.1 Å². The van der Waals surface area contributed by atoms with E-state index in [9.17, 15) is 0 Å². The topological polar surface area (TPSA) is 46.4 Å². The van der Waals surface area contributed by atoms with Crippen LogP contribution >= 0.6 is 0 Å². The first-order valence-electron chi connectivity index (χ1n) is 5.18. The zero-order valence-corrected chi connectivity index (χ0v) is 11.3. The van der Waals surface area contributed by atoms with Crippen LogP contribution in [0.15, 0.2) is 34.6 Å². The third kappa shape index (κ3) is 3.94. The van der Waals surface area contributed by atoms with Crippen molar-refractivity contribution in [2.75, 3.05) is 34.9 Å². The van der Waals surface area contributed by atoms with Crippen LogP contribution in [-0.4, -0.2) is 51.5 Å². The standard InChI is InChI=1S/C10H17N3O2.C2H4/c1-7-9(14-4)11-6-8(13(2)3)12-10(7)15-5;1-2/h6H2,1-5H3;1-2H2. The number of rotatable bonds is 1. The molecule has 0 radical (unpaired) electrons. The van der Waals surface area contributed by atoms with Gasteiger partial charge in [-0.15, -0.1) is 13.2 Å². The van der Waals surface area contributed by atoms with E-state index >= 15 is 0 Å². The molecule has 96 valence electrons. The van der Waals surface area contributed by atoms with Crippen LogP contribution in [0.5, 0.6) is 0 Å². The summed E-state index contributed by atoms with van der Waals surface area (Å²) in [5, 5.41) is 0. The number of amidine groups is 1. The summed E-state index contributed by atoms with van der Waals surface area (Å²) < 4.78 is 10.4. The molecule has 1 aliphatic rings. The lowest BCUT2D eigenvalue weighted by atomic mass is 10.3. The second-order valence-corrected chi connectivity index (χ2v) is 3.38. The lowest BCUT2D eigenvalue weighted by Crippen LogP contribution is -2.24. The Morgan fingerprint density at radius 3 is 2.18 bits per heavy atom. The highest BCUT2D eigenvalue weighted by Gasteiger charge is 2.15. The highest BCUT2D eigenvalue weighted by molar-refractivity contribution is 5.97. The van der Waals surface area contributed by atoms with Crippen molar-refractivity contribution >= 4 is 11.7 Å². The van der Waals surface area contributed by atoms with Crippen LogP contribution in [-0.2, 0) is 9.47 Å². The van der Waals surface area contributed by atoms with Crippen molar-refractivity contribution in [3.63, 3.8) is 0 Å². The van der Waals surface area contributed by atoms with Crippen LogP contribution in [0.2, 0.25) is 0 Å². The van der Waals surface area contributed by atoms with Crippen molar-refractivity contribution < 1.29 is 9.47 Å². The minimum Gasteiger partial charge on any atom is -0.481 e. The van der Waals surface area contributed by atoms with Crippen LogP contribution in [0.25, 0.3) is 0 Å². The summed E-state index contributed by atoms with van der Waals surface area (Å²) in [6, 6.07) is 0. The van der Waals surface area contributed by atoms with Crippen molar-refractivity contribution in [3.05, 3.63) is 24.6 Å². The van der Waals surface area contributed by atoms with Gasteiger partial charge in [0.05, 0.1) is 19.8 Å². The molecule has 1 aliphatic heterocycles. The van der Waals surface area contributed by atoms with Gasteiger partial charge in [0.2, 0.25) is 11.8 Å². The monoisotopic (exact) mass is 239 g/mol. The van der Waals surface area contributed by atoms with Gasteiger partial charge >= 0.3 is 0 Å². The van der Waals surface area contributed by atoms with E-state index in [0.29, 0.717) is 18.3 Å². The summed E-state index contributed by atoms with van der Waals surface area (Å²) in [7, 11) is 7.04. The molecule has 5 nitrogen and oxygen atoms in total. The molecule has 5 heteroatoms. The minimum atomic E-state index is 0.500. The molecule has 0 saturated carbocycles. The maximum atomic E-state index is 5.20. The van der Waals surface area contributed by atoms with Gasteiger partial charge in [0.25, 0.3) is 0 Å². The summed E-state index contributed by atoms with van der Waals surface area (Å²) in [5.41, 5.74) is 0.817. The quantitative estimate of drug-likeness (QED) is 0.654. The van der Waals surface area contributed by atoms with Crippen molar-refractivity contribution in [2.45, 2.75) is 6.92 Å². The highest BCUT2D eigenvalue weighted by Crippen LogP contribution is 2.13. The molecule has 0 spiro atoms. The fraction of sp³-hybridized carbons (Fsp3) is 0.500. The predicted molar refractivity (Wildman–Crippen MR) is 71.4 cm³/mol. The highest BCUT2D eigenvalue weighted by atomic mass is 16.5. The summed E-state index contributed by atoms with van der Waals surface area (Å²) >= 11 is 0. The van der Waals surface area contributed by atoms with E-state index in [-0.39, 0.29) is 0 Å². The maximum Gasteiger partial charge on any atom is 0.223 e. The van der Waals surface area contributed by atoms with Gasteiger partial charge in [-0.2, -0.15) is 4.99 Å². The fourth-order valence-electron chi connectivity index (χ4n) is 1.25. The minimum absolute atomic E-state index is 0.500. The number of ether oxygens (including phenoxy) is 2. The van der Waals surface area contributed by atoms with E-state index in [1.165, 1.54) is 0 Å². The van der Waals surface area contributed by atoms with Gasteiger partial charge in [0, 0.05) is 14.1 Å². The second-order valence-electron chi connectivity index (χ2n) is 3.38. The summed E-state index contributed by atoms with van der Waals surface area (Å²) in [6.45, 7) is 8.38. The number of hydrogen-bond donors (Lipinski definition) is 0. The summed E-state index contributed by atoms with van der Waals surface area (Å²) in [5.74, 6) is 1.97. The molecule has 0 unspecified atom stereocenters. The first-order chi connectivity index (χ1) is 8.10. The molecule has 1 heterocycles. The average Bonchev–Trinajstić information content (AvgIpc) is 2.51. The number of aliphatic imine (C=N–C) groups is 2. The number of hydrogen-bond acceptors (Lipinski definition) is 5. The van der Waals surface area contributed by atoms with Gasteiger partial charge in [-0.25, -0.2) is 4.99 Å². The largest absolute Gasteiger partial charge is 0.481 e. The Balaban J connectivity index is 0.00000121. The Morgan fingerprint density at radius 2 is 1.76 bits per heavy atom. The molecule has 0 bridgehead atoms. The van der Waals surface area contributed by atoms with Crippen LogP contribution in [0, 0.1) is 0 Å². The summed E-state index contributed by atoms with van der Waals surface area (Å²) in [4.78, 5) is 10.6. The SMILES string of the molecule is C=C.COC1=NCC(N(C)C)=NC(OC)=C1C. The van der Waals surface area contributed by atoms with Gasteiger partial charge in [-0.3, -0.25) is 0 Å². The molecule has 0 aromatic carbocycles. The molecular formula is C12H21N3O2. The molecule has 0 atom stereocenters. The Morgan fingerprint density at radius 1 is 1.18 bits per heavy atom. The van der Waals surface area contributed by atoms with Crippen LogP contribution in [0.3, 0.4) is 0 Å². The average molecular weight is 239 g/mol. The van der Waals surface area contributed by atoms with Crippen LogP contribution < -0.4 is 0 Å². The first-order valence-corrected chi connectivity index (χ1v) is 5.18. The zero-order valence-electron chi connectivity index (χ0n) is 11.3. The Labute approximate surface area is 103 Å². The molecule has 1 rings (SSSR count). The van der Waals surface area contributed by atoms with Crippen LogP contribution in [0.1, 0.15) is 6.92 Å². The fourth-order valence-corrected chi connectivity index (χ4v) is 1.25. The van der Waals surface area contributed by atoms with Crippen LogP contribution in [0.4, 0.5) is 0 Å². The molecule has 0 aliphatic carbocycles. The van der Waals surface area contributed by atoms with Gasteiger partial charge in [0.1, 0.15) is 12.4 Å². The molecule has 0 saturated heterocycles. The van der Waals surface area contributed by atoms with Crippen molar-refractivity contribution in [3.8, 4) is 0 Å². The summed E-state index contributed by atoms with van der Waals surface area (Å²) in [6.07, 6.45) is 0. The molecule has 0 fully saturated rings. The number of likely N-dealkylation sites (N-methyl/N-ethyl adjacent to an activating group) is 1. The second kappa shape index (κ2) is 7.49. The molecule has 0 amide bonds. The predicted octanol–water partition coefficient (Wildman–Crippen LogP) is 1.69. The Kier molecular flexibility index (Phi) is 6.70. The molecule has 0 aromatic heterocycles. The van der Waals surface area contributed by atoms with Gasteiger partial charge in [-0.05, 0) is 6.92 Å². The third-order valence-corrected chi connectivity index (χ3v) is 2.14. The Bertz CT molecular complexity index is 344. The van der Waals surface area contributed by atoms with Gasteiger partial charge in [0.15, 0.2) is 0 Å². The molecule has 17 heavy (non-hydrogen) atoms. The van der Waals surface area contributed by atoms with Crippen molar-refractivity contribution in [2.24, 2.45) is 9.98 Å². The molecular weight excluding hydrogens is 218 g/mol. The molecule has 0 N–H and O–H groups in total. The van der Waals surface area contributed by atoms with E-state index in [1.807, 2.05) is 25.9 Å². The Hall–Kier alpha value is -1.78. The number of nitrogens with zero attached hydrogens (tertiary/aromatic N) is 3. The smallest absolute Gasteiger partial charge is 0.223 e. The maximum absolute atomic E-state index is 5.20. The van der Waals surface area contributed by atoms with Gasteiger partial charge in [-0.1, -0.05) is 0 Å². The first kappa shape index (κ1) is 15.2. The van der Waals surface area contributed by atoms with Gasteiger partial charge < -0.3 is 14.4 Å². The zero-order chi connectivity index (χ0) is 13.4. The van der Waals surface area contributed by atoms with E-state index in [0.717, 1.165) is 11.4 Å². The van der Waals surface area contributed by atoms with Crippen molar-refractivity contribution in [1.82, 2.24) is 4.90 Å². The van der Waals surface area contributed by atoms with E-state index in [4.69, 9.17) is 9.47 Å². The molecule has 0 aromatic rings. The van der Waals surface area contributed by atoms with E-state index in [1.54, 1.807) is 14.2 Å². The lowest BCUT2D eigenvalue weighted by Gasteiger charge is -2.12.